The van der Waals surface area contributed by atoms with Crippen LogP contribution in [0.5, 0.6) is 5.75 Å². The zero-order valence-corrected chi connectivity index (χ0v) is 19.9. The summed E-state index contributed by atoms with van der Waals surface area (Å²) < 4.78 is 21.5. The van der Waals surface area contributed by atoms with Gasteiger partial charge in [0.15, 0.2) is 11.0 Å². The number of thioether (sulfide) groups is 1. The van der Waals surface area contributed by atoms with Gasteiger partial charge in [-0.05, 0) is 61.6 Å². The molecule has 1 amide bonds. The van der Waals surface area contributed by atoms with Gasteiger partial charge in [-0.2, -0.15) is 0 Å². The highest BCUT2D eigenvalue weighted by Gasteiger charge is 2.16. The molecule has 0 saturated heterocycles. The van der Waals surface area contributed by atoms with E-state index in [2.05, 4.69) is 41.5 Å². The zero-order chi connectivity index (χ0) is 23.3. The maximum atomic E-state index is 13.4. The SMILES string of the molecule is CCn1c(COc2cc(C)ccc2C(C)C)nnc1SCC(=O)Nc1cc(F)ccc1C. The maximum absolute atomic E-state index is 13.4. The van der Waals surface area contributed by atoms with Crippen LogP contribution in [0.3, 0.4) is 0 Å². The number of anilines is 1. The van der Waals surface area contributed by atoms with E-state index in [0.717, 1.165) is 22.4 Å². The monoisotopic (exact) mass is 456 g/mol. The fourth-order valence-corrected chi connectivity index (χ4v) is 4.10. The molecule has 1 N–H and O–H groups in total. The first-order valence-electron chi connectivity index (χ1n) is 10.6. The average molecular weight is 457 g/mol. The molecule has 3 aromatic rings. The molecule has 1 heterocycles. The van der Waals surface area contributed by atoms with Gasteiger partial charge in [0.25, 0.3) is 0 Å². The number of halogens is 1. The number of nitrogens with zero attached hydrogens (tertiary/aromatic N) is 3. The second-order valence-corrected chi connectivity index (χ2v) is 8.87. The van der Waals surface area contributed by atoms with E-state index in [9.17, 15) is 9.18 Å². The zero-order valence-electron chi connectivity index (χ0n) is 19.1. The molecular formula is C24H29FN4O2S. The van der Waals surface area contributed by atoms with Gasteiger partial charge in [0.1, 0.15) is 18.2 Å². The average Bonchev–Trinajstić information content (AvgIpc) is 3.15. The lowest BCUT2D eigenvalue weighted by molar-refractivity contribution is -0.113. The van der Waals surface area contributed by atoms with E-state index in [1.165, 1.54) is 23.9 Å². The number of rotatable bonds is 9. The molecule has 0 aliphatic rings. The van der Waals surface area contributed by atoms with E-state index in [1.807, 2.05) is 31.4 Å². The first kappa shape index (κ1) is 23.8. The van der Waals surface area contributed by atoms with Crippen LogP contribution < -0.4 is 10.1 Å². The lowest BCUT2D eigenvalue weighted by atomic mass is 10.0. The van der Waals surface area contributed by atoms with Crippen molar-refractivity contribution in [2.75, 3.05) is 11.1 Å². The van der Waals surface area contributed by atoms with Crippen LogP contribution in [0.4, 0.5) is 10.1 Å². The lowest BCUT2D eigenvalue weighted by Crippen LogP contribution is -2.16. The van der Waals surface area contributed by atoms with Crippen LogP contribution >= 0.6 is 11.8 Å². The van der Waals surface area contributed by atoms with Crippen molar-refractivity contribution in [1.82, 2.24) is 14.8 Å². The van der Waals surface area contributed by atoms with Gasteiger partial charge in [-0.3, -0.25) is 4.79 Å². The van der Waals surface area contributed by atoms with Gasteiger partial charge in [0.2, 0.25) is 5.91 Å². The summed E-state index contributed by atoms with van der Waals surface area (Å²) in [7, 11) is 0. The van der Waals surface area contributed by atoms with Crippen molar-refractivity contribution in [3.63, 3.8) is 0 Å². The van der Waals surface area contributed by atoms with Crippen molar-refractivity contribution in [1.29, 1.82) is 0 Å². The van der Waals surface area contributed by atoms with Gasteiger partial charge < -0.3 is 14.6 Å². The largest absolute Gasteiger partial charge is 0.485 e. The molecule has 170 valence electrons. The highest BCUT2D eigenvalue weighted by Crippen LogP contribution is 2.28. The molecule has 1 aromatic heterocycles. The number of nitrogens with one attached hydrogen (secondary N) is 1. The number of aromatic nitrogens is 3. The fourth-order valence-electron chi connectivity index (χ4n) is 3.28. The quantitative estimate of drug-likeness (QED) is 0.431. The standard InChI is InChI=1S/C24H29FN4O2S/c1-6-29-22(13-31-21-11-16(4)7-10-19(21)15(2)3)27-28-24(29)32-14-23(30)26-20-12-18(25)9-8-17(20)5/h7-12,15H,6,13-14H2,1-5H3,(H,26,30). The first-order chi connectivity index (χ1) is 15.3. The summed E-state index contributed by atoms with van der Waals surface area (Å²) >= 11 is 1.29. The summed E-state index contributed by atoms with van der Waals surface area (Å²) in [6, 6.07) is 10.5. The van der Waals surface area contributed by atoms with Gasteiger partial charge in [0.05, 0.1) is 5.75 Å². The minimum absolute atomic E-state index is 0.143. The Balaban J connectivity index is 1.64. The molecule has 32 heavy (non-hydrogen) atoms. The van der Waals surface area contributed by atoms with Crippen molar-refractivity contribution >= 4 is 23.4 Å². The van der Waals surface area contributed by atoms with E-state index in [0.29, 0.717) is 35.7 Å². The molecule has 0 bridgehead atoms. The van der Waals surface area contributed by atoms with Crippen LogP contribution in [0.15, 0.2) is 41.6 Å². The number of hydrogen-bond donors (Lipinski definition) is 1. The lowest BCUT2D eigenvalue weighted by Gasteiger charge is -2.15. The van der Waals surface area contributed by atoms with Crippen LogP contribution in [0.1, 0.15) is 49.2 Å². The molecule has 0 aliphatic carbocycles. The van der Waals surface area contributed by atoms with E-state index in [1.54, 1.807) is 6.07 Å². The molecule has 2 aromatic carbocycles. The van der Waals surface area contributed by atoms with Gasteiger partial charge in [-0.15, -0.1) is 10.2 Å². The number of benzene rings is 2. The Labute approximate surface area is 192 Å². The van der Waals surface area contributed by atoms with Crippen molar-refractivity contribution < 1.29 is 13.9 Å². The van der Waals surface area contributed by atoms with Crippen molar-refractivity contribution in [3.05, 3.63) is 64.7 Å². The van der Waals surface area contributed by atoms with Crippen molar-refractivity contribution in [3.8, 4) is 5.75 Å². The molecule has 0 fully saturated rings. The van der Waals surface area contributed by atoms with E-state index < -0.39 is 0 Å². The number of ether oxygens (including phenoxy) is 1. The summed E-state index contributed by atoms with van der Waals surface area (Å²) in [5.41, 5.74) is 3.56. The Kier molecular flexibility index (Phi) is 7.90. The predicted octanol–water partition coefficient (Wildman–Crippen LogP) is 5.49. The minimum Gasteiger partial charge on any atom is -0.485 e. The Hall–Kier alpha value is -2.87. The van der Waals surface area contributed by atoms with Gasteiger partial charge in [-0.25, -0.2) is 4.39 Å². The van der Waals surface area contributed by atoms with Crippen LogP contribution in [0.25, 0.3) is 0 Å². The minimum atomic E-state index is -0.386. The smallest absolute Gasteiger partial charge is 0.234 e. The van der Waals surface area contributed by atoms with E-state index >= 15 is 0 Å². The third-order valence-corrected chi connectivity index (χ3v) is 6.03. The molecule has 6 nitrogen and oxygen atoms in total. The van der Waals surface area contributed by atoms with Crippen LogP contribution in [-0.2, 0) is 17.9 Å². The van der Waals surface area contributed by atoms with Crippen molar-refractivity contribution in [2.45, 2.75) is 58.8 Å². The van der Waals surface area contributed by atoms with Crippen molar-refractivity contribution in [2.24, 2.45) is 0 Å². The number of carbonyl (C=O) groups excluding carboxylic acids is 1. The molecule has 0 unspecified atom stereocenters. The molecule has 0 radical (unpaired) electrons. The molecule has 3 rings (SSSR count). The highest BCUT2D eigenvalue weighted by molar-refractivity contribution is 7.99. The third kappa shape index (κ3) is 5.88. The second kappa shape index (κ2) is 10.6. The summed E-state index contributed by atoms with van der Waals surface area (Å²) in [4.78, 5) is 12.4. The number of hydrogen-bond acceptors (Lipinski definition) is 5. The molecule has 8 heteroatoms. The first-order valence-corrected chi connectivity index (χ1v) is 11.6. The number of aryl methyl sites for hydroxylation is 2. The molecule has 0 spiro atoms. The van der Waals surface area contributed by atoms with Gasteiger partial charge in [0, 0.05) is 12.2 Å². The fraction of sp³-hybridized carbons (Fsp3) is 0.375. The third-order valence-electron chi connectivity index (χ3n) is 5.06. The molecule has 0 saturated carbocycles. The predicted molar refractivity (Wildman–Crippen MR) is 126 cm³/mol. The maximum Gasteiger partial charge on any atom is 0.234 e. The Morgan fingerprint density at radius 1 is 1.19 bits per heavy atom. The second-order valence-electron chi connectivity index (χ2n) is 7.92. The van der Waals surface area contributed by atoms with Crippen LogP contribution in [0, 0.1) is 19.7 Å². The Morgan fingerprint density at radius 3 is 2.69 bits per heavy atom. The van der Waals surface area contributed by atoms with E-state index in [4.69, 9.17) is 4.74 Å². The normalized spacial score (nSPS) is 11.1. The number of amides is 1. The highest BCUT2D eigenvalue weighted by atomic mass is 32.2. The molecule has 0 atom stereocenters. The van der Waals surface area contributed by atoms with Crippen LogP contribution in [0.2, 0.25) is 0 Å². The van der Waals surface area contributed by atoms with Gasteiger partial charge >= 0.3 is 0 Å². The van der Waals surface area contributed by atoms with E-state index in [-0.39, 0.29) is 17.5 Å². The number of carbonyl (C=O) groups is 1. The summed E-state index contributed by atoms with van der Waals surface area (Å²) in [6.07, 6.45) is 0. The Bertz CT molecular complexity index is 1100. The van der Waals surface area contributed by atoms with Crippen LogP contribution in [-0.4, -0.2) is 26.4 Å². The Morgan fingerprint density at radius 2 is 1.97 bits per heavy atom. The molecule has 0 aliphatic heterocycles. The summed E-state index contributed by atoms with van der Waals surface area (Å²) in [5.74, 6) is 1.43. The summed E-state index contributed by atoms with van der Waals surface area (Å²) in [6.45, 7) is 11.1. The summed E-state index contributed by atoms with van der Waals surface area (Å²) in [5, 5.41) is 11.9. The molecular weight excluding hydrogens is 427 g/mol. The van der Waals surface area contributed by atoms with Gasteiger partial charge in [-0.1, -0.05) is 43.8 Å². The topological polar surface area (TPSA) is 69.0 Å².